The van der Waals surface area contributed by atoms with Crippen LogP contribution >= 0.6 is 0 Å². The number of anilines is 1. The van der Waals surface area contributed by atoms with Crippen LogP contribution in [0, 0.1) is 5.92 Å². The van der Waals surface area contributed by atoms with Crippen molar-refractivity contribution in [2.45, 2.75) is 32.7 Å². The molecule has 1 heterocycles. The molecule has 26 heavy (non-hydrogen) atoms. The minimum absolute atomic E-state index is 0.0635. The van der Waals surface area contributed by atoms with Crippen LogP contribution in [0.3, 0.4) is 0 Å². The van der Waals surface area contributed by atoms with Gasteiger partial charge in [-0.3, -0.25) is 9.59 Å². The SMILES string of the molecule is CCCCN(C(=O)C1CC(=O)N(Cc2ccccc2)C1)c1ccccc1. The van der Waals surface area contributed by atoms with Crippen LogP contribution in [-0.4, -0.2) is 29.8 Å². The summed E-state index contributed by atoms with van der Waals surface area (Å²) >= 11 is 0. The average Bonchev–Trinajstić information content (AvgIpc) is 3.04. The van der Waals surface area contributed by atoms with E-state index in [1.807, 2.05) is 65.6 Å². The highest BCUT2D eigenvalue weighted by molar-refractivity contribution is 5.99. The van der Waals surface area contributed by atoms with Gasteiger partial charge in [-0.1, -0.05) is 61.9 Å². The Morgan fingerprint density at radius 3 is 2.38 bits per heavy atom. The molecule has 1 atom stereocenters. The Bertz CT molecular complexity index is 730. The fourth-order valence-corrected chi connectivity index (χ4v) is 3.41. The lowest BCUT2D eigenvalue weighted by atomic mass is 10.1. The number of amides is 2. The summed E-state index contributed by atoms with van der Waals surface area (Å²) in [5.41, 5.74) is 2.01. The lowest BCUT2D eigenvalue weighted by Crippen LogP contribution is -2.38. The van der Waals surface area contributed by atoms with Crippen molar-refractivity contribution in [2.75, 3.05) is 18.0 Å². The molecule has 136 valence electrons. The van der Waals surface area contributed by atoms with Crippen LogP contribution in [0.25, 0.3) is 0 Å². The van der Waals surface area contributed by atoms with Crippen molar-refractivity contribution < 1.29 is 9.59 Å². The summed E-state index contributed by atoms with van der Waals surface area (Å²) in [6, 6.07) is 19.7. The highest BCUT2D eigenvalue weighted by Crippen LogP contribution is 2.25. The number of likely N-dealkylation sites (tertiary alicyclic amines) is 1. The molecule has 1 fully saturated rings. The maximum Gasteiger partial charge on any atom is 0.232 e. The van der Waals surface area contributed by atoms with E-state index >= 15 is 0 Å². The van der Waals surface area contributed by atoms with Gasteiger partial charge in [0.2, 0.25) is 11.8 Å². The zero-order valence-corrected chi connectivity index (χ0v) is 15.3. The molecule has 1 aliphatic rings. The second kappa shape index (κ2) is 8.65. The van der Waals surface area contributed by atoms with E-state index in [1.165, 1.54) is 0 Å². The first-order valence-electron chi connectivity index (χ1n) is 9.37. The van der Waals surface area contributed by atoms with Crippen molar-refractivity contribution >= 4 is 17.5 Å². The van der Waals surface area contributed by atoms with Crippen LogP contribution in [0.4, 0.5) is 5.69 Å². The third kappa shape index (κ3) is 4.31. The first-order valence-corrected chi connectivity index (χ1v) is 9.37. The predicted molar refractivity (Wildman–Crippen MR) is 104 cm³/mol. The Kier molecular flexibility index (Phi) is 6.05. The summed E-state index contributed by atoms with van der Waals surface area (Å²) < 4.78 is 0. The molecule has 3 rings (SSSR count). The molecule has 1 unspecified atom stereocenters. The first kappa shape index (κ1) is 18.2. The van der Waals surface area contributed by atoms with Gasteiger partial charge in [-0.05, 0) is 24.1 Å². The van der Waals surface area contributed by atoms with E-state index in [1.54, 1.807) is 4.90 Å². The number of carbonyl (C=O) groups is 2. The number of benzene rings is 2. The minimum atomic E-state index is -0.261. The Morgan fingerprint density at radius 2 is 1.73 bits per heavy atom. The molecule has 1 saturated heterocycles. The zero-order valence-electron chi connectivity index (χ0n) is 15.3. The number of nitrogens with zero attached hydrogens (tertiary/aromatic N) is 2. The smallest absolute Gasteiger partial charge is 0.232 e. The quantitative estimate of drug-likeness (QED) is 0.760. The zero-order chi connectivity index (χ0) is 18.4. The Morgan fingerprint density at radius 1 is 1.08 bits per heavy atom. The van der Waals surface area contributed by atoms with Gasteiger partial charge in [-0.2, -0.15) is 0 Å². The maximum atomic E-state index is 13.1. The number of hydrogen-bond donors (Lipinski definition) is 0. The molecule has 0 aliphatic carbocycles. The molecule has 1 aliphatic heterocycles. The summed E-state index contributed by atoms with van der Waals surface area (Å²) in [5, 5.41) is 0. The summed E-state index contributed by atoms with van der Waals surface area (Å²) in [7, 11) is 0. The van der Waals surface area contributed by atoms with E-state index in [0.29, 0.717) is 26.1 Å². The fourth-order valence-electron chi connectivity index (χ4n) is 3.41. The molecule has 2 aromatic carbocycles. The molecule has 2 aromatic rings. The van der Waals surface area contributed by atoms with Crippen LogP contribution in [0.15, 0.2) is 60.7 Å². The summed E-state index contributed by atoms with van der Waals surface area (Å²) in [4.78, 5) is 29.2. The lowest BCUT2D eigenvalue weighted by Gasteiger charge is -2.26. The van der Waals surface area contributed by atoms with E-state index in [9.17, 15) is 9.59 Å². The Hall–Kier alpha value is -2.62. The molecule has 0 radical (unpaired) electrons. The average molecular weight is 350 g/mol. The third-order valence-corrected chi connectivity index (χ3v) is 4.85. The Labute approximate surface area is 155 Å². The van der Waals surface area contributed by atoms with Crippen molar-refractivity contribution in [3.63, 3.8) is 0 Å². The van der Waals surface area contributed by atoms with Gasteiger partial charge < -0.3 is 9.80 Å². The fraction of sp³-hybridized carbons (Fsp3) is 0.364. The molecule has 0 bridgehead atoms. The van der Waals surface area contributed by atoms with Crippen LogP contribution < -0.4 is 4.90 Å². The van der Waals surface area contributed by atoms with Crippen LogP contribution in [0.2, 0.25) is 0 Å². The number of rotatable bonds is 7. The largest absolute Gasteiger partial charge is 0.338 e. The molecular formula is C22H26N2O2. The van der Waals surface area contributed by atoms with Gasteiger partial charge in [-0.25, -0.2) is 0 Å². The molecular weight excluding hydrogens is 324 g/mol. The third-order valence-electron chi connectivity index (χ3n) is 4.85. The van der Waals surface area contributed by atoms with Crippen LogP contribution in [-0.2, 0) is 16.1 Å². The van der Waals surface area contributed by atoms with Crippen molar-refractivity contribution in [3.8, 4) is 0 Å². The topological polar surface area (TPSA) is 40.6 Å². The van der Waals surface area contributed by atoms with Gasteiger partial charge in [0, 0.05) is 31.7 Å². The maximum absolute atomic E-state index is 13.1. The van der Waals surface area contributed by atoms with Gasteiger partial charge in [0.25, 0.3) is 0 Å². The molecule has 4 nitrogen and oxygen atoms in total. The van der Waals surface area contributed by atoms with Gasteiger partial charge >= 0.3 is 0 Å². The molecule has 4 heteroatoms. The van der Waals surface area contributed by atoms with Gasteiger partial charge in [0.05, 0.1) is 5.92 Å². The van der Waals surface area contributed by atoms with Gasteiger partial charge in [-0.15, -0.1) is 0 Å². The summed E-state index contributed by atoms with van der Waals surface area (Å²) in [6.07, 6.45) is 2.29. The highest BCUT2D eigenvalue weighted by atomic mass is 16.2. The molecule has 0 N–H and O–H groups in total. The van der Waals surface area contributed by atoms with Crippen LogP contribution in [0.1, 0.15) is 31.7 Å². The number of hydrogen-bond acceptors (Lipinski definition) is 2. The lowest BCUT2D eigenvalue weighted by molar-refractivity contribution is -0.128. The van der Waals surface area contributed by atoms with Gasteiger partial charge in [0.1, 0.15) is 0 Å². The van der Waals surface area contributed by atoms with E-state index in [0.717, 1.165) is 24.1 Å². The van der Waals surface area contributed by atoms with E-state index in [-0.39, 0.29) is 17.7 Å². The summed E-state index contributed by atoms with van der Waals surface area (Å²) in [5.74, 6) is -0.132. The Balaban J connectivity index is 1.70. The monoisotopic (exact) mass is 350 g/mol. The van der Waals surface area contributed by atoms with Crippen molar-refractivity contribution in [1.82, 2.24) is 4.90 Å². The van der Waals surface area contributed by atoms with Crippen molar-refractivity contribution in [3.05, 3.63) is 66.2 Å². The first-order chi connectivity index (χ1) is 12.7. The molecule has 0 saturated carbocycles. The van der Waals surface area contributed by atoms with Gasteiger partial charge in [0.15, 0.2) is 0 Å². The van der Waals surface area contributed by atoms with Crippen molar-refractivity contribution in [1.29, 1.82) is 0 Å². The van der Waals surface area contributed by atoms with E-state index < -0.39 is 0 Å². The van der Waals surface area contributed by atoms with E-state index in [2.05, 4.69) is 6.92 Å². The number of para-hydroxylation sites is 1. The predicted octanol–water partition coefficient (Wildman–Crippen LogP) is 3.87. The van der Waals surface area contributed by atoms with E-state index in [4.69, 9.17) is 0 Å². The number of unbranched alkanes of at least 4 members (excludes halogenated alkanes) is 1. The molecule has 2 amide bonds. The highest BCUT2D eigenvalue weighted by Gasteiger charge is 2.36. The second-order valence-electron chi connectivity index (χ2n) is 6.84. The molecule has 0 aromatic heterocycles. The standard InChI is InChI=1S/C22H26N2O2/c1-2-3-14-24(20-12-8-5-9-13-20)22(26)19-15-21(25)23(17-19)16-18-10-6-4-7-11-18/h4-13,19H,2-3,14-17H2,1H3. The normalized spacial score (nSPS) is 16.7. The second-order valence-corrected chi connectivity index (χ2v) is 6.84. The summed E-state index contributed by atoms with van der Waals surface area (Å²) in [6.45, 7) is 3.89. The van der Waals surface area contributed by atoms with Crippen LogP contribution in [0.5, 0.6) is 0 Å². The minimum Gasteiger partial charge on any atom is -0.338 e. The molecule has 0 spiro atoms. The van der Waals surface area contributed by atoms with Crippen molar-refractivity contribution in [2.24, 2.45) is 5.92 Å². The number of carbonyl (C=O) groups excluding carboxylic acids is 2.